The number of hydrogen-bond acceptors (Lipinski definition) is 3. The van der Waals surface area contributed by atoms with Gasteiger partial charge in [-0.3, -0.25) is 4.79 Å². The minimum absolute atomic E-state index is 0.0260. The van der Waals surface area contributed by atoms with Crippen LogP contribution in [0.15, 0.2) is 48.5 Å². The van der Waals surface area contributed by atoms with Gasteiger partial charge in [0, 0.05) is 13.0 Å². The zero-order chi connectivity index (χ0) is 16.9. The van der Waals surface area contributed by atoms with Crippen LogP contribution in [0, 0.1) is 0 Å². The van der Waals surface area contributed by atoms with Crippen LogP contribution in [0.3, 0.4) is 0 Å². The standard InChI is InChI=1S/C19H21N3O2/c1-3-19(23)20-12-18-21-16-6-4-5-7-17(16)22(18)13-14-8-10-15(24-2)11-9-14/h4-11H,3,12-13H2,1-2H3,(H,20,23). The molecule has 0 saturated heterocycles. The lowest BCUT2D eigenvalue weighted by Gasteiger charge is -2.11. The number of ether oxygens (including phenoxy) is 1. The summed E-state index contributed by atoms with van der Waals surface area (Å²) in [6, 6.07) is 16.0. The summed E-state index contributed by atoms with van der Waals surface area (Å²) in [7, 11) is 1.66. The van der Waals surface area contributed by atoms with Gasteiger partial charge in [-0.2, -0.15) is 0 Å². The van der Waals surface area contributed by atoms with Gasteiger partial charge in [0.2, 0.25) is 5.91 Å². The van der Waals surface area contributed by atoms with Gasteiger partial charge in [-0.25, -0.2) is 4.98 Å². The van der Waals surface area contributed by atoms with Crippen LogP contribution in [-0.2, 0) is 17.9 Å². The SMILES string of the molecule is CCC(=O)NCc1nc2ccccc2n1Cc1ccc(OC)cc1. The molecule has 0 atom stereocenters. The molecule has 1 heterocycles. The third-order valence-corrected chi connectivity index (χ3v) is 4.00. The number of aromatic nitrogens is 2. The molecule has 0 aliphatic rings. The highest BCUT2D eigenvalue weighted by Crippen LogP contribution is 2.19. The molecule has 0 radical (unpaired) electrons. The topological polar surface area (TPSA) is 56.2 Å². The maximum Gasteiger partial charge on any atom is 0.220 e. The fourth-order valence-corrected chi connectivity index (χ4v) is 2.65. The number of hydrogen-bond donors (Lipinski definition) is 1. The minimum Gasteiger partial charge on any atom is -0.497 e. The molecule has 1 amide bonds. The Morgan fingerprint density at radius 1 is 1.17 bits per heavy atom. The van der Waals surface area contributed by atoms with E-state index in [-0.39, 0.29) is 5.91 Å². The molecule has 2 aromatic carbocycles. The van der Waals surface area contributed by atoms with Gasteiger partial charge in [0.25, 0.3) is 0 Å². The number of carbonyl (C=O) groups is 1. The summed E-state index contributed by atoms with van der Waals surface area (Å²) in [5.74, 6) is 1.72. The first-order chi connectivity index (χ1) is 11.7. The van der Waals surface area contributed by atoms with Crippen LogP contribution in [0.25, 0.3) is 11.0 Å². The molecule has 3 rings (SSSR count). The highest BCUT2D eigenvalue weighted by atomic mass is 16.5. The highest BCUT2D eigenvalue weighted by Gasteiger charge is 2.11. The Balaban J connectivity index is 1.92. The van der Waals surface area contributed by atoms with Crippen molar-refractivity contribution in [2.75, 3.05) is 7.11 Å². The van der Waals surface area contributed by atoms with Crippen molar-refractivity contribution in [2.24, 2.45) is 0 Å². The van der Waals surface area contributed by atoms with Crippen molar-refractivity contribution in [1.29, 1.82) is 0 Å². The molecule has 0 fully saturated rings. The molecule has 0 aliphatic heterocycles. The van der Waals surface area contributed by atoms with Gasteiger partial charge in [-0.05, 0) is 29.8 Å². The van der Waals surface area contributed by atoms with E-state index in [1.807, 2.05) is 49.4 Å². The molecule has 0 bridgehead atoms. The quantitative estimate of drug-likeness (QED) is 0.758. The molecule has 0 spiro atoms. The number of nitrogens with one attached hydrogen (secondary N) is 1. The second-order valence-electron chi connectivity index (χ2n) is 5.58. The van der Waals surface area contributed by atoms with Gasteiger partial charge < -0.3 is 14.6 Å². The number of amides is 1. The predicted molar refractivity (Wildman–Crippen MR) is 94.0 cm³/mol. The largest absolute Gasteiger partial charge is 0.497 e. The molecule has 5 nitrogen and oxygen atoms in total. The van der Waals surface area contributed by atoms with E-state index in [9.17, 15) is 4.79 Å². The molecular weight excluding hydrogens is 302 g/mol. The van der Waals surface area contributed by atoms with Gasteiger partial charge >= 0.3 is 0 Å². The van der Waals surface area contributed by atoms with Crippen LogP contribution in [0.2, 0.25) is 0 Å². The first-order valence-corrected chi connectivity index (χ1v) is 8.05. The average Bonchev–Trinajstić information content (AvgIpc) is 2.98. The lowest BCUT2D eigenvalue weighted by atomic mass is 10.2. The summed E-state index contributed by atoms with van der Waals surface area (Å²) in [6.45, 7) is 2.97. The van der Waals surface area contributed by atoms with Gasteiger partial charge in [0.15, 0.2) is 0 Å². The second kappa shape index (κ2) is 7.17. The van der Waals surface area contributed by atoms with Crippen molar-refractivity contribution >= 4 is 16.9 Å². The van der Waals surface area contributed by atoms with Crippen molar-refractivity contribution in [3.05, 3.63) is 59.9 Å². The summed E-state index contributed by atoms with van der Waals surface area (Å²) in [4.78, 5) is 16.3. The van der Waals surface area contributed by atoms with E-state index in [1.165, 1.54) is 0 Å². The van der Waals surface area contributed by atoms with E-state index in [1.54, 1.807) is 7.11 Å². The van der Waals surface area contributed by atoms with Crippen molar-refractivity contribution < 1.29 is 9.53 Å². The normalized spacial score (nSPS) is 10.8. The Bertz CT molecular complexity index is 837. The van der Waals surface area contributed by atoms with Crippen LogP contribution in [0.1, 0.15) is 24.7 Å². The third-order valence-electron chi connectivity index (χ3n) is 4.00. The number of rotatable bonds is 6. The highest BCUT2D eigenvalue weighted by molar-refractivity contribution is 5.77. The molecule has 1 N–H and O–H groups in total. The second-order valence-corrected chi connectivity index (χ2v) is 5.58. The monoisotopic (exact) mass is 323 g/mol. The van der Waals surface area contributed by atoms with Crippen LogP contribution >= 0.6 is 0 Å². The van der Waals surface area contributed by atoms with E-state index in [0.717, 1.165) is 28.2 Å². The fourth-order valence-electron chi connectivity index (χ4n) is 2.65. The van der Waals surface area contributed by atoms with E-state index in [0.29, 0.717) is 19.5 Å². The molecule has 1 aromatic heterocycles. The molecule has 5 heteroatoms. The van der Waals surface area contributed by atoms with Crippen LogP contribution in [0.5, 0.6) is 5.75 Å². The third kappa shape index (κ3) is 3.40. The molecule has 24 heavy (non-hydrogen) atoms. The number of para-hydroxylation sites is 2. The van der Waals surface area contributed by atoms with Gasteiger partial charge in [-0.15, -0.1) is 0 Å². The van der Waals surface area contributed by atoms with Crippen molar-refractivity contribution in [3.63, 3.8) is 0 Å². The summed E-state index contributed by atoms with van der Waals surface area (Å²) < 4.78 is 7.35. The lowest BCUT2D eigenvalue weighted by Crippen LogP contribution is -2.23. The fraction of sp³-hybridized carbons (Fsp3) is 0.263. The number of nitrogens with zero attached hydrogens (tertiary/aromatic N) is 2. The van der Waals surface area contributed by atoms with Crippen LogP contribution < -0.4 is 10.1 Å². The number of carbonyl (C=O) groups excluding carboxylic acids is 1. The minimum atomic E-state index is 0.0260. The van der Waals surface area contributed by atoms with E-state index in [4.69, 9.17) is 4.74 Å². The van der Waals surface area contributed by atoms with Gasteiger partial charge in [-0.1, -0.05) is 31.2 Å². The molecule has 0 saturated carbocycles. The van der Waals surface area contributed by atoms with E-state index in [2.05, 4.69) is 20.9 Å². The van der Waals surface area contributed by atoms with Crippen molar-refractivity contribution in [2.45, 2.75) is 26.4 Å². The average molecular weight is 323 g/mol. The van der Waals surface area contributed by atoms with Crippen molar-refractivity contribution in [3.8, 4) is 5.75 Å². The molecular formula is C19H21N3O2. The Morgan fingerprint density at radius 3 is 2.62 bits per heavy atom. The Hall–Kier alpha value is -2.82. The smallest absolute Gasteiger partial charge is 0.220 e. The van der Waals surface area contributed by atoms with Crippen molar-refractivity contribution in [1.82, 2.24) is 14.9 Å². The summed E-state index contributed by atoms with van der Waals surface area (Å²) in [5.41, 5.74) is 3.16. The number of methoxy groups -OCH3 is 1. The Morgan fingerprint density at radius 2 is 1.92 bits per heavy atom. The first kappa shape index (κ1) is 16.1. The predicted octanol–water partition coefficient (Wildman–Crippen LogP) is 3.12. The number of benzene rings is 2. The maximum atomic E-state index is 11.6. The summed E-state index contributed by atoms with van der Waals surface area (Å²) >= 11 is 0. The first-order valence-electron chi connectivity index (χ1n) is 8.05. The Labute approximate surface area is 141 Å². The molecule has 124 valence electrons. The lowest BCUT2D eigenvalue weighted by molar-refractivity contribution is -0.120. The summed E-state index contributed by atoms with van der Waals surface area (Å²) in [5, 5.41) is 2.91. The molecule has 3 aromatic rings. The molecule has 0 aliphatic carbocycles. The zero-order valence-electron chi connectivity index (χ0n) is 14.0. The van der Waals surface area contributed by atoms with Crippen LogP contribution in [-0.4, -0.2) is 22.6 Å². The van der Waals surface area contributed by atoms with E-state index < -0.39 is 0 Å². The van der Waals surface area contributed by atoms with Gasteiger partial charge in [0.1, 0.15) is 11.6 Å². The Kier molecular flexibility index (Phi) is 4.79. The summed E-state index contributed by atoms with van der Waals surface area (Å²) in [6.07, 6.45) is 0.471. The number of imidazole rings is 1. The number of fused-ring (bicyclic) bond motifs is 1. The van der Waals surface area contributed by atoms with Gasteiger partial charge in [0.05, 0.1) is 24.7 Å². The molecule has 0 unspecified atom stereocenters. The van der Waals surface area contributed by atoms with E-state index >= 15 is 0 Å². The van der Waals surface area contributed by atoms with Crippen LogP contribution in [0.4, 0.5) is 0 Å². The maximum absolute atomic E-state index is 11.6. The zero-order valence-corrected chi connectivity index (χ0v) is 14.0.